The highest BCUT2D eigenvalue weighted by molar-refractivity contribution is 5.79. The molecular weight excluding hydrogens is 459 g/mol. The van der Waals surface area contributed by atoms with Crippen molar-refractivity contribution in [3.63, 3.8) is 0 Å². The number of carbonyl (C=O) groups excluding carboxylic acids is 1. The number of piperidine rings is 1. The molecule has 5 heterocycles. The van der Waals surface area contributed by atoms with E-state index in [2.05, 4.69) is 20.1 Å². The van der Waals surface area contributed by atoms with Crippen molar-refractivity contribution >= 4 is 17.2 Å². The van der Waals surface area contributed by atoms with Gasteiger partial charge in [-0.25, -0.2) is 18.9 Å². The fourth-order valence-corrected chi connectivity index (χ4v) is 4.63. The van der Waals surface area contributed by atoms with Crippen LogP contribution in [0.5, 0.6) is 0 Å². The number of halogens is 1. The average Bonchev–Trinajstić information content (AvgIpc) is 3.33. The number of fused-ring (bicyclic) bond motifs is 1. The van der Waals surface area contributed by atoms with Crippen molar-refractivity contribution in [2.24, 2.45) is 0 Å². The van der Waals surface area contributed by atoms with Crippen LogP contribution in [-0.2, 0) is 4.79 Å². The SMILES string of the molecule is Cc1cc(-c2nc(-c3cnn4ccccc34)nc(N(C)[C@@H]3CCCN(C(=O)CC#N)C3)c2F)ccn1. The minimum Gasteiger partial charge on any atom is -0.352 e. The Balaban J connectivity index is 1.61. The van der Waals surface area contributed by atoms with Crippen LogP contribution in [0.2, 0.25) is 0 Å². The van der Waals surface area contributed by atoms with E-state index in [1.807, 2.05) is 37.4 Å². The zero-order chi connectivity index (χ0) is 25.2. The predicted octanol–water partition coefficient (Wildman–Crippen LogP) is 3.64. The van der Waals surface area contributed by atoms with Crippen molar-refractivity contribution in [3.8, 4) is 28.7 Å². The summed E-state index contributed by atoms with van der Waals surface area (Å²) < 4.78 is 17.8. The first-order chi connectivity index (χ1) is 17.5. The van der Waals surface area contributed by atoms with E-state index >= 15 is 4.39 Å². The maximum Gasteiger partial charge on any atom is 0.236 e. The molecule has 0 unspecified atom stereocenters. The van der Waals surface area contributed by atoms with Crippen molar-refractivity contribution in [2.75, 3.05) is 25.0 Å². The van der Waals surface area contributed by atoms with E-state index < -0.39 is 5.82 Å². The molecule has 5 rings (SSSR count). The lowest BCUT2D eigenvalue weighted by Gasteiger charge is -2.38. The van der Waals surface area contributed by atoms with E-state index in [0.717, 1.165) is 24.1 Å². The molecule has 36 heavy (non-hydrogen) atoms. The Kier molecular flexibility index (Phi) is 6.29. The fraction of sp³-hybridized carbons (Fsp3) is 0.308. The lowest BCUT2D eigenvalue weighted by atomic mass is 10.0. The van der Waals surface area contributed by atoms with Gasteiger partial charge in [-0.05, 0) is 44.0 Å². The number of pyridine rings is 2. The Bertz CT molecular complexity index is 1480. The topological polar surface area (TPSA) is 103 Å². The number of likely N-dealkylation sites (N-methyl/N-ethyl adjacent to an activating group) is 1. The highest BCUT2D eigenvalue weighted by atomic mass is 19.1. The van der Waals surface area contributed by atoms with Gasteiger partial charge in [0.05, 0.1) is 23.3 Å². The Hall–Kier alpha value is -4.39. The van der Waals surface area contributed by atoms with Crippen molar-refractivity contribution in [1.82, 2.24) is 29.5 Å². The molecular formula is C26H25FN8O. The van der Waals surface area contributed by atoms with Gasteiger partial charge in [0.2, 0.25) is 5.91 Å². The third kappa shape index (κ3) is 4.35. The summed E-state index contributed by atoms with van der Waals surface area (Å²) in [5.41, 5.74) is 3.02. The molecule has 182 valence electrons. The van der Waals surface area contributed by atoms with Gasteiger partial charge in [0.25, 0.3) is 0 Å². The monoisotopic (exact) mass is 484 g/mol. The van der Waals surface area contributed by atoms with Gasteiger partial charge in [0.1, 0.15) is 12.1 Å². The minimum atomic E-state index is -0.538. The van der Waals surface area contributed by atoms with Gasteiger partial charge in [-0.1, -0.05) is 6.07 Å². The molecule has 1 fully saturated rings. The standard InChI is InChI=1S/C26H25FN8O/c1-17-14-18(9-11-29-17)24-23(27)26(33(2)19-6-5-12-34(16-19)22(36)8-10-28)32-25(31-24)20-15-30-35-13-4-3-7-21(20)35/h3-4,7,9,11,13-15,19H,5-6,8,12,16H2,1-2H3/t19-/m1/s1. The largest absolute Gasteiger partial charge is 0.352 e. The zero-order valence-electron chi connectivity index (χ0n) is 20.1. The molecule has 0 aliphatic carbocycles. The molecule has 4 aromatic rings. The summed E-state index contributed by atoms with van der Waals surface area (Å²) in [5.74, 6) is -0.237. The first-order valence-corrected chi connectivity index (χ1v) is 11.8. The van der Waals surface area contributed by atoms with Crippen LogP contribution in [0.4, 0.5) is 10.2 Å². The molecule has 1 atom stereocenters. The maximum atomic E-state index is 16.1. The molecule has 1 amide bonds. The first kappa shape index (κ1) is 23.4. The van der Waals surface area contributed by atoms with Crippen LogP contribution in [0.15, 0.2) is 48.9 Å². The van der Waals surface area contributed by atoms with Crippen LogP contribution in [0, 0.1) is 24.1 Å². The van der Waals surface area contributed by atoms with E-state index in [9.17, 15) is 4.79 Å². The third-order valence-corrected chi connectivity index (χ3v) is 6.53. The Labute approximate surface area is 207 Å². The smallest absolute Gasteiger partial charge is 0.236 e. The maximum absolute atomic E-state index is 16.1. The predicted molar refractivity (Wildman–Crippen MR) is 132 cm³/mol. The number of hydrogen-bond donors (Lipinski definition) is 0. The number of nitrogens with zero attached hydrogens (tertiary/aromatic N) is 8. The summed E-state index contributed by atoms with van der Waals surface area (Å²) in [4.78, 5) is 29.3. The highest BCUT2D eigenvalue weighted by Crippen LogP contribution is 2.33. The van der Waals surface area contributed by atoms with Gasteiger partial charge in [-0.15, -0.1) is 0 Å². The Morgan fingerprint density at radius 2 is 2.17 bits per heavy atom. The van der Waals surface area contributed by atoms with E-state index in [-0.39, 0.29) is 29.9 Å². The fourth-order valence-electron chi connectivity index (χ4n) is 4.63. The van der Waals surface area contributed by atoms with Crippen LogP contribution < -0.4 is 4.90 Å². The van der Waals surface area contributed by atoms with Crippen molar-refractivity contribution < 1.29 is 9.18 Å². The molecule has 0 spiro atoms. The molecule has 0 radical (unpaired) electrons. The summed E-state index contributed by atoms with van der Waals surface area (Å²) >= 11 is 0. The van der Waals surface area contributed by atoms with Crippen molar-refractivity contribution in [1.29, 1.82) is 5.26 Å². The molecule has 0 aromatic carbocycles. The normalized spacial score (nSPS) is 15.6. The Morgan fingerprint density at radius 3 is 2.97 bits per heavy atom. The van der Waals surface area contributed by atoms with Crippen LogP contribution in [0.3, 0.4) is 0 Å². The van der Waals surface area contributed by atoms with E-state index in [1.165, 1.54) is 0 Å². The first-order valence-electron chi connectivity index (χ1n) is 11.8. The summed E-state index contributed by atoms with van der Waals surface area (Å²) in [5, 5.41) is 13.3. The third-order valence-electron chi connectivity index (χ3n) is 6.53. The van der Waals surface area contributed by atoms with Crippen LogP contribution >= 0.6 is 0 Å². The average molecular weight is 485 g/mol. The lowest BCUT2D eigenvalue weighted by molar-refractivity contribution is -0.131. The molecule has 1 aliphatic heterocycles. The quantitative estimate of drug-likeness (QED) is 0.426. The van der Waals surface area contributed by atoms with Gasteiger partial charge in [-0.2, -0.15) is 10.4 Å². The highest BCUT2D eigenvalue weighted by Gasteiger charge is 2.30. The molecule has 1 saturated heterocycles. The van der Waals surface area contributed by atoms with Gasteiger partial charge in [0.15, 0.2) is 17.5 Å². The van der Waals surface area contributed by atoms with Gasteiger partial charge in [-0.3, -0.25) is 9.78 Å². The molecule has 0 saturated carbocycles. The van der Waals surface area contributed by atoms with Crippen molar-refractivity contribution in [2.45, 2.75) is 32.2 Å². The minimum absolute atomic E-state index is 0.152. The summed E-state index contributed by atoms with van der Waals surface area (Å²) in [6.45, 7) is 2.83. The summed E-state index contributed by atoms with van der Waals surface area (Å²) in [6, 6.07) is 11.0. The summed E-state index contributed by atoms with van der Waals surface area (Å²) in [7, 11) is 1.79. The zero-order valence-corrected chi connectivity index (χ0v) is 20.1. The van der Waals surface area contributed by atoms with E-state index in [1.54, 1.807) is 45.9 Å². The molecule has 0 bridgehead atoms. The number of aryl methyl sites for hydroxylation is 1. The number of nitriles is 1. The number of aromatic nitrogens is 5. The molecule has 9 nitrogen and oxygen atoms in total. The van der Waals surface area contributed by atoms with Gasteiger partial charge in [0, 0.05) is 49.8 Å². The summed E-state index contributed by atoms with van der Waals surface area (Å²) in [6.07, 6.45) is 6.50. The molecule has 10 heteroatoms. The number of amides is 1. The number of rotatable bonds is 5. The number of carbonyl (C=O) groups is 1. The van der Waals surface area contributed by atoms with Gasteiger partial charge < -0.3 is 9.80 Å². The second-order valence-corrected chi connectivity index (χ2v) is 8.89. The Morgan fingerprint density at radius 1 is 1.31 bits per heavy atom. The van der Waals surface area contributed by atoms with E-state index in [4.69, 9.17) is 5.26 Å². The van der Waals surface area contributed by atoms with Crippen LogP contribution in [-0.4, -0.2) is 61.6 Å². The van der Waals surface area contributed by atoms with E-state index in [0.29, 0.717) is 30.0 Å². The number of hydrogen-bond acceptors (Lipinski definition) is 7. The number of likely N-dealkylation sites (tertiary alicyclic amines) is 1. The molecule has 0 N–H and O–H groups in total. The number of anilines is 1. The molecule has 4 aromatic heterocycles. The van der Waals surface area contributed by atoms with Crippen LogP contribution in [0.25, 0.3) is 28.2 Å². The second kappa shape index (κ2) is 9.70. The molecule has 1 aliphatic rings. The van der Waals surface area contributed by atoms with Crippen molar-refractivity contribution in [3.05, 3.63) is 60.4 Å². The lowest BCUT2D eigenvalue weighted by Crippen LogP contribution is -2.49. The second-order valence-electron chi connectivity index (χ2n) is 8.89. The van der Waals surface area contributed by atoms with Gasteiger partial charge >= 0.3 is 0 Å². The van der Waals surface area contributed by atoms with Crippen LogP contribution in [0.1, 0.15) is 25.0 Å².